The van der Waals surface area contributed by atoms with E-state index >= 15 is 0 Å². The number of hydrogen-bond donors (Lipinski definition) is 0. The highest BCUT2D eigenvalue weighted by atomic mass is 32.2. The third-order valence-corrected chi connectivity index (χ3v) is 6.73. The van der Waals surface area contributed by atoms with Crippen molar-refractivity contribution in [3.63, 3.8) is 0 Å². The van der Waals surface area contributed by atoms with Gasteiger partial charge in [0.15, 0.2) is 14.6 Å². The monoisotopic (exact) mass is 306 g/mol. The number of carbonyl (C=O) groups is 1. The SMILES string of the molecule is Cn1ccsc1=NC(=O)CSC1CCS(=O)(=O)C1. The van der Waals surface area contributed by atoms with Crippen molar-refractivity contribution in [2.24, 2.45) is 12.0 Å². The lowest BCUT2D eigenvalue weighted by molar-refractivity contribution is -0.115. The number of hydrogen-bond acceptors (Lipinski definition) is 5. The summed E-state index contributed by atoms with van der Waals surface area (Å²) in [4.78, 5) is 16.3. The molecule has 1 aromatic rings. The van der Waals surface area contributed by atoms with Gasteiger partial charge in [0.25, 0.3) is 5.91 Å². The highest BCUT2D eigenvalue weighted by Gasteiger charge is 2.28. The van der Waals surface area contributed by atoms with E-state index < -0.39 is 9.84 Å². The molecule has 5 nitrogen and oxygen atoms in total. The number of aromatic nitrogens is 1. The van der Waals surface area contributed by atoms with E-state index in [4.69, 9.17) is 0 Å². The smallest absolute Gasteiger partial charge is 0.258 e. The molecule has 1 atom stereocenters. The van der Waals surface area contributed by atoms with Crippen molar-refractivity contribution in [3.8, 4) is 0 Å². The average molecular weight is 306 g/mol. The van der Waals surface area contributed by atoms with Gasteiger partial charge in [0.1, 0.15) is 0 Å². The fourth-order valence-corrected chi connectivity index (χ4v) is 5.83. The van der Waals surface area contributed by atoms with Crippen molar-refractivity contribution in [1.29, 1.82) is 0 Å². The Bertz CT molecular complexity index is 600. The minimum atomic E-state index is -2.86. The second-order valence-corrected chi connectivity index (χ2v) is 8.53. The number of thiazole rings is 1. The van der Waals surface area contributed by atoms with Gasteiger partial charge in [-0.1, -0.05) is 0 Å². The van der Waals surface area contributed by atoms with Gasteiger partial charge in [-0.05, 0) is 6.42 Å². The molecule has 1 unspecified atom stereocenters. The van der Waals surface area contributed by atoms with Gasteiger partial charge in [-0.15, -0.1) is 23.1 Å². The molecule has 1 amide bonds. The maximum absolute atomic E-state index is 11.6. The van der Waals surface area contributed by atoms with Crippen LogP contribution in [0.5, 0.6) is 0 Å². The molecule has 0 spiro atoms. The Morgan fingerprint density at radius 3 is 3.00 bits per heavy atom. The molecule has 1 aliphatic heterocycles. The summed E-state index contributed by atoms with van der Waals surface area (Å²) in [5, 5.41) is 1.91. The normalized spacial score (nSPS) is 23.4. The molecule has 2 heterocycles. The van der Waals surface area contributed by atoms with Crippen LogP contribution in [-0.4, -0.2) is 41.4 Å². The number of aryl methyl sites for hydroxylation is 1. The number of sulfone groups is 1. The van der Waals surface area contributed by atoms with Crippen LogP contribution in [0.15, 0.2) is 16.6 Å². The average Bonchev–Trinajstić information content (AvgIpc) is 2.83. The minimum Gasteiger partial charge on any atom is -0.327 e. The molecule has 2 rings (SSSR count). The fourth-order valence-electron chi connectivity index (χ4n) is 1.66. The Labute approximate surface area is 114 Å². The molecule has 0 bridgehead atoms. The van der Waals surface area contributed by atoms with E-state index in [0.29, 0.717) is 11.2 Å². The van der Waals surface area contributed by atoms with Gasteiger partial charge in [0, 0.05) is 23.9 Å². The van der Waals surface area contributed by atoms with Gasteiger partial charge < -0.3 is 4.57 Å². The number of carbonyl (C=O) groups excluding carboxylic acids is 1. The topological polar surface area (TPSA) is 68.5 Å². The van der Waals surface area contributed by atoms with E-state index in [-0.39, 0.29) is 28.4 Å². The lowest BCUT2D eigenvalue weighted by Gasteiger charge is -2.03. The molecule has 0 N–H and O–H groups in total. The highest BCUT2D eigenvalue weighted by Crippen LogP contribution is 2.24. The van der Waals surface area contributed by atoms with Gasteiger partial charge >= 0.3 is 0 Å². The van der Waals surface area contributed by atoms with Crippen molar-refractivity contribution in [2.75, 3.05) is 17.3 Å². The summed E-state index contributed by atoms with van der Waals surface area (Å²) in [6.07, 6.45) is 2.49. The molecule has 0 radical (unpaired) electrons. The largest absolute Gasteiger partial charge is 0.327 e. The lowest BCUT2D eigenvalue weighted by Crippen LogP contribution is -2.15. The molecule has 8 heteroatoms. The first kappa shape index (κ1) is 13.8. The first-order valence-corrected chi connectivity index (χ1v) is 9.21. The molecule has 0 aliphatic carbocycles. The number of amides is 1. The van der Waals surface area contributed by atoms with E-state index in [0.717, 1.165) is 0 Å². The molecule has 0 saturated carbocycles. The highest BCUT2D eigenvalue weighted by molar-refractivity contribution is 8.02. The summed E-state index contributed by atoms with van der Waals surface area (Å²) in [5.74, 6) is 0.480. The van der Waals surface area contributed by atoms with E-state index in [1.807, 2.05) is 18.6 Å². The van der Waals surface area contributed by atoms with Crippen molar-refractivity contribution in [1.82, 2.24) is 4.57 Å². The molecular weight excluding hydrogens is 292 g/mol. The summed E-state index contributed by atoms with van der Waals surface area (Å²) in [6.45, 7) is 0. The summed E-state index contributed by atoms with van der Waals surface area (Å²) >= 11 is 2.80. The van der Waals surface area contributed by atoms with Gasteiger partial charge in [0.05, 0.1) is 17.3 Å². The van der Waals surface area contributed by atoms with Crippen LogP contribution in [0.3, 0.4) is 0 Å². The quantitative estimate of drug-likeness (QED) is 0.812. The minimum absolute atomic E-state index is 0.0474. The maximum atomic E-state index is 11.6. The third-order valence-electron chi connectivity index (χ3n) is 2.61. The van der Waals surface area contributed by atoms with E-state index in [1.54, 1.807) is 4.57 Å². The van der Waals surface area contributed by atoms with Gasteiger partial charge in [-0.2, -0.15) is 4.99 Å². The summed E-state index contributed by atoms with van der Waals surface area (Å²) in [5.41, 5.74) is 0. The molecule has 1 fully saturated rings. The number of thioether (sulfide) groups is 1. The van der Waals surface area contributed by atoms with E-state index in [1.165, 1.54) is 23.1 Å². The van der Waals surface area contributed by atoms with Crippen LogP contribution in [0.1, 0.15) is 6.42 Å². The molecule has 0 aromatic carbocycles. The predicted octanol–water partition coefficient (Wildman–Crippen LogP) is 0.434. The lowest BCUT2D eigenvalue weighted by atomic mass is 10.4. The fraction of sp³-hybridized carbons (Fsp3) is 0.600. The predicted molar refractivity (Wildman–Crippen MR) is 73.4 cm³/mol. The van der Waals surface area contributed by atoms with Gasteiger partial charge in [-0.3, -0.25) is 4.79 Å². The molecule has 18 heavy (non-hydrogen) atoms. The third kappa shape index (κ3) is 3.69. The summed E-state index contributed by atoms with van der Waals surface area (Å²) in [7, 11) is -1.03. The van der Waals surface area contributed by atoms with Crippen LogP contribution in [0.25, 0.3) is 0 Å². The zero-order valence-corrected chi connectivity index (χ0v) is 12.4. The second kappa shape index (κ2) is 5.58. The Hall–Kier alpha value is -0.600. The maximum Gasteiger partial charge on any atom is 0.258 e. The summed E-state index contributed by atoms with van der Waals surface area (Å²) in [6, 6.07) is 0. The molecular formula is C10H14N2O3S3. The first-order valence-electron chi connectivity index (χ1n) is 5.46. The Morgan fingerprint density at radius 2 is 2.44 bits per heavy atom. The zero-order chi connectivity index (χ0) is 13.2. The molecule has 1 saturated heterocycles. The van der Waals surface area contributed by atoms with Crippen molar-refractivity contribution in [3.05, 3.63) is 16.4 Å². The Balaban J connectivity index is 1.89. The van der Waals surface area contributed by atoms with E-state index in [2.05, 4.69) is 4.99 Å². The number of rotatable bonds is 3. The molecule has 1 aliphatic rings. The van der Waals surface area contributed by atoms with Gasteiger partial charge in [0.2, 0.25) is 0 Å². The van der Waals surface area contributed by atoms with Crippen LogP contribution in [0, 0.1) is 0 Å². The van der Waals surface area contributed by atoms with Crippen LogP contribution in [0.2, 0.25) is 0 Å². The van der Waals surface area contributed by atoms with E-state index in [9.17, 15) is 13.2 Å². The second-order valence-electron chi connectivity index (χ2n) is 4.14. The van der Waals surface area contributed by atoms with Crippen LogP contribution < -0.4 is 4.80 Å². The van der Waals surface area contributed by atoms with Crippen molar-refractivity contribution < 1.29 is 13.2 Å². The number of nitrogens with zero attached hydrogens (tertiary/aromatic N) is 2. The summed E-state index contributed by atoms with van der Waals surface area (Å²) < 4.78 is 24.3. The Kier molecular flexibility index (Phi) is 4.29. The zero-order valence-electron chi connectivity index (χ0n) is 9.90. The van der Waals surface area contributed by atoms with Crippen LogP contribution in [0.4, 0.5) is 0 Å². The molecule has 100 valence electrons. The first-order chi connectivity index (χ1) is 8.46. The Morgan fingerprint density at radius 1 is 1.67 bits per heavy atom. The molecule has 1 aromatic heterocycles. The van der Waals surface area contributed by atoms with Gasteiger partial charge in [-0.25, -0.2) is 8.42 Å². The van der Waals surface area contributed by atoms with Crippen LogP contribution in [-0.2, 0) is 21.7 Å². The van der Waals surface area contributed by atoms with Crippen molar-refractivity contribution in [2.45, 2.75) is 11.7 Å². The standard InChI is InChI=1S/C10H14N2O3S3/c1-12-3-4-16-10(12)11-9(13)6-17-8-2-5-18(14,15)7-8/h3-4,8H,2,5-7H2,1H3. The van der Waals surface area contributed by atoms with Crippen LogP contribution >= 0.6 is 23.1 Å². The van der Waals surface area contributed by atoms with Crippen molar-refractivity contribution >= 4 is 38.8 Å².